The predicted molar refractivity (Wildman–Crippen MR) is 124 cm³/mol. The molecular weight excluding hydrogens is 447 g/mol. The molecule has 2 heterocycles. The number of fused-ring (bicyclic) bond motifs is 1. The number of benzene rings is 1. The summed E-state index contributed by atoms with van der Waals surface area (Å²) < 4.78 is 39.7. The van der Waals surface area contributed by atoms with Gasteiger partial charge in [-0.2, -0.15) is 13.2 Å². The van der Waals surface area contributed by atoms with Gasteiger partial charge in [-0.15, -0.1) is 11.8 Å². The molecule has 0 radical (unpaired) electrons. The summed E-state index contributed by atoms with van der Waals surface area (Å²) in [5.74, 6) is -0.653. The van der Waals surface area contributed by atoms with Crippen molar-refractivity contribution in [1.29, 1.82) is 0 Å². The maximum absolute atomic E-state index is 13.2. The highest BCUT2D eigenvalue weighted by atomic mass is 32.2. The molecule has 1 fully saturated rings. The summed E-state index contributed by atoms with van der Waals surface area (Å²) in [6, 6.07) is 12.0. The van der Waals surface area contributed by atoms with Crippen molar-refractivity contribution in [3.05, 3.63) is 65.5 Å². The molecule has 1 saturated carbocycles. The van der Waals surface area contributed by atoms with Gasteiger partial charge in [0.15, 0.2) is 0 Å². The number of carbonyl (C=O) groups is 1. The van der Waals surface area contributed by atoms with Gasteiger partial charge in [-0.05, 0) is 43.5 Å². The number of amides is 1. The molecule has 4 rings (SSSR count). The van der Waals surface area contributed by atoms with Crippen LogP contribution in [-0.4, -0.2) is 21.1 Å². The van der Waals surface area contributed by atoms with Crippen molar-refractivity contribution in [3.8, 4) is 0 Å². The van der Waals surface area contributed by atoms with Crippen LogP contribution in [0.1, 0.15) is 61.8 Å². The molecule has 0 saturated heterocycles. The largest absolute Gasteiger partial charge is 0.433 e. The first kappa shape index (κ1) is 23.5. The van der Waals surface area contributed by atoms with E-state index >= 15 is 0 Å². The zero-order valence-corrected chi connectivity index (χ0v) is 19.2. The van der Waals surface area contributed by atoms with Crippen molar-refractivity contribution in [2.24, 2.45) is 0 Å². The monoisotopic (exact) mass is 473 g/mol. The molecule has 2 aromatic heterocycles. The Morgan fingerprint density at radius 3 is 2.67 bits per heavy atom. The second-order valence-corrected chi connectivity index (χ2v) is 9.73. The number of halogens is 3. The topological polar surface area (TPSA) is 54.9 Å². The molecule has 1 unspecified atom stereocenters. The van der Waals surface area contributed by atoms with Crippen LogP contribution in [0.15, 0.2) is 53.7 Å². The molecule has 1 aromatic carbocycles. The summed E-state index contributed by atoms with van der Waals surface area (Å²) in [7, 11) is 0. The van der Waals surface area contributed by atoms with Crippen LogP contribution in [0.25, 0.3) is 10.9 Å². The maximum Gasteiger partial charge on any atom is 0.433 e. The molecule has 174 valence electrons. The van der Waals surface area contributed by atoms with E-state index in [4.69, 9.17) is 0 Å². The van der Waals surface area contributed by atoms with Gasteiger partial charge in [0, 0.05) is 28.9 Å². The minimum Gasteiger partial charge on any atom is -0.351 e. The molecule has 0 aliphatic heterocycles. The minimum atomic E-state index is -4.50. The van der Waals surface area contributed by atoms with E-state index in [0.717, 1.165) is 54.6 Å². The predicted octanol–water partition coefficient (Wildman–Crippen LogP) is 6.49. The molecule has 3 aromatic rings. The van der Waals surface area contributed by atoms with E-state index in [1.54, 1.807) is 13.1 Å². The number of hydrogen-bond acceptors (Lipinski definition) is 4. The van der Waals surface area contributed by atoms with E-state index in [1.807, 2.05) is 30.3 Å². The van der Waals surface area contributed by atoms with Gasteiger partial charge in [0.05, 0.1) is 11.4 Å². The molecule has 1 aliphatic rings. The Labute approximate surface area is 195 Å². The SMILES string of the molecule is CC(C(=O)NCc1ccc(C(F)(F)F)nc1SC1CCCCC1)c1cnc2ccccc2c1. The quantitative estimate of drug-likeness (QED) is 0.444. The third-order valence-corrected chi connectivity index (χ3v) is 7.40. The highest BCUT2D eigenvalue weighted by Crippen LogP contribution is 2.36. The van der Waals surface area contributed by atoms with Crippen LogP contribution < -0.4 is 5.32 Å². The molecule has 8 heteroatoms. The van der Waals surface area contributed by atoms with Crippen molar-refractivity contribution in [2.75, 3.05) is 0 Å². The van der Waals surface area contributed by atoms with Crippen LogP contribution in [0, 0.1) is 0 Å². The highest BCUT2D eigenvalue weighted by Gasteiger charge is 2.33. The number of aromatic nitrogens is 2. The molecule has 1 amide bonds. The van der Waals surface area contributed by atoms with Crippen LogP contribution in [0.3, 0.4) is 0 Å². The molecular formula is C25H26F3N3OS. The number of alkyl halides is 3. The maximum atomic E-state index is 13.2. The zero-order chi connectivity index (χ0) is 23.4. The Morgan fingerprint density at radius 2 is 1.91 bits per heavy atom. The fourth-order valence-corrected chi connectivity index (χ4v) is 5.34. The normalized spacial score (nSPS) is 16.0. The summed E-state index contributed by atoms with van der Waals surface area (Å²) in [5, 5.41) is 4.45. The van der Waals surface area contributed by atoms with Crippen LogP contribution in [-0.2, 0) is 17.5 Å². The second kappa shape index (κ2) is 10.1. The molecule has 33 heavy (non-hydrogen) atoms. The molecule has 0 bridgehead atoms. The van der Waals surface area contributed by atoms with Crippen molar-refractivity contribution in [3.63, 3.8) is 0 Å². The number of para-hydroxylation sites is 1. The number of nitrogens with one attached hydrogen (secondary N) is 1. The Kier molecular flexibility index (Phi) is 7.22. The highest BCUT2D eigenvalue weighted by molar-refractivity contribution is 7.99. The van der Waals surface area contributed by atoms with Crippen LogP contribution in [0.5, 0.6) is 0 Å². The van der Waals surface area contributed by atoms with Gasteiger partial charge in [0.2, 0.25) is 5.91 Å². The number of nitrogens with zero attached hydrogens (tertiary/aromatic N) is 2. The Hall–Kier alpha value is -2.61. The lowest BCUT2D eigenvalue weighted by Crippen LogP contribution is -2.28. The van der Waals surface area contributed by atoms with E-state index in [2.05, 4.69) is 15.3 Å². The first-order chi connectivity index (χ1) is 15.8. The number of thioether (sulfide) groups is 1. The Morgan fingerprint density at radius 1 is 1.15 bits per heavy atom. The molecule has 1 N–H and O–H groups in total. The zero-order valence-electron chi connectivity index (χ0n) is 18.4. The smallest absolute Gasteiger partial charge is 0.351 e. The summed E-state index contributed by atoms with van der Waals surface area (Å²) in [6.45, 7) is 1.92. The minimum absolute atomic E-state index is 0.129. The van der Waals surface area contributed by atoms with Crippen LogP contribution >= 0.6 is 11.8 Å². The molecule has 0 spiro atoms. The Bertz CT molecular complexity index is 1130. The fraction of sp³-hybridized carbons (Fsp3) is 0.400. The van der Waals surface area contributed by atoms with Gasteiger partial charge in [-0.3, -0.25) is 9.78 Å². The lowest BCUT2D eigenvalue weighted by atomic mass is 10.0. The fourth-order valence-electron chi connectivity index (χ4n) is 4.02. The van der Waals surface area contributed by atoms with Crippen molar-refractivity contribution >= 4 is 28.6 Å². The number of pyridine rings is 2. The van der Waals surface area contributed by atoms with Gasteiger partial charge in [-0.25, -0.2) is 4.98 Å². The van der Waals surface area contributed by atoms with E-state index in [1.165, 1.54) is 17.8 Å². The third-order valence-electron chi connectivity index (χ3n) is 6.02. The van der Waals surface area contributed by atoms with Gasteiger partial charge in [0.25, 0.3) is 0 Å². The van der Waals surface area contributed by atoms with E-state index in [-0.39, 0.29) is 17.7 Å². The lowest BCUT2D eigenvalue weighted by molar-refractivity contribution is -0.141. The molecule has 4 nitrogen and oxygen atoms in total. The number of rotatable bonds is 6. The van der Waals surface area contributed by atoms with Gasteiger partial charge in [-0.1, -0.05) is 43.5 Å². The van der Waals surface area contributed by atoms with E-state index < -0.39 is 17.8 Å². The van der Waals surface area contributed by atoms with E-state index in [0.29, 0.717) is 10.6 Å². The van der Waals surface area contributed by atoms with Gasteiger partial charge in [0.1, 0.15) is 10.7 Å². The first-order valence-electron chi connectivity index (χ1n) is 11.2. The Balaban J connectivity index is 1.49. The van der Waals surface area contributed by atoms with Crippen LogP contribution in [0.2, 0.25) is 0 Å². The summed E-state index contributed by atoms with van der Waals surface area (Å²) in [4.78, 5) is 21.2. The standard InChI is InChI=1S/C25H26F3N3OS/c1-16(19-13-17-7-5-6-10-21(17)29-15-19)23(32)30-14-18-11-12-22(25(26,27)28)31-24(18)33-20-8-3-2-4-9-20/h5-7,10-13,15-16,20H,2-4,8-9,14H2,1H3,(H,30,32). The van der Waals surface area contributed by atoms with Gasteiger partial charge < -0.3 is 5.32 Å². The lowest BCUT2D eigenvalue weighted by Gasteiger charge is -2.22. The van der Waals surface area contributed by atoms with Crippen molar-refractivity contribution in [1.82, 2.24) is 15.3 Å². The molecule has 1 aliphatic carbocycles. The number of carbonyl (C=O) groups excluding carboxylic acids is 1. The summed E-state index contributed by atoms with van der Waals surface area (Å²) in [5.41, 5.74) is 1.35. The summed E-state index contributed by atoms with van der Waals surface area (Å²) in [6.07, 6.45) is 2.47. The second-order valence-electron chi connectivity index (χ2n) is 8.44. The van der Waals surface area contributed by atoms with E-state index in [9.17, 15) is 18.0 Å². The van der Waals surface area contributed by atoms with Crippen molar-refractivity contribution in [2.45, 2.75) is 67.9 Å². The third kappa shape index (κ3) is 5.85. The average molecular weight is 474 g/mol. The first-order valence-corrected chi connectivity index (χ1v) is 12.1. The number of hydrogen-bond donors (Lipinski definition) is 1. The average Bonchev–Trinajstić information content (AvgIpc) is 2.82. The molecule has 1 atom stereocenters. The van der Waals surface area contributed by atoms with Gasteiger partial charge >= 0.3 is 6.18 Å². The van der Waals surface area contributed by atoms with Crippen LogP contribution in [0.4, 0.5) is 13.2 Å². The summed E-state index contributed by atoms with van der Waals surface area (Å²) >= 11 is 1.41. The van der Waals surface area contributed by atoms with Crippen molar-refractivity contribution < 1.29 is 18.0 Å².